The van der Waals surface area contributed by atoms with Crippen LogP contribution in [0.25, 0.3) is 10.6 Å². The molecule has 1 unspecified atom stereocenters. The van der Waals surface area contributed by atoms with E-state index >= 15 is 0 Å². The molecule has 2 rings (SSSR count). The molecule has 1 aromatic heterocycles. The molecular formula is C15H19NOS. The van der Waals surface area contributed by atoms with Crippen LogP contribution in [0.15, 0.2) is 29.6 Å². The van der Waals surface area contributed by atoms with Crippen molar-refractivity contribution in [2.75, 3.05) is 6.61 Å². The first kappa shape index (κ1) is 13.2. The Morgan fingerprint density at radius 2 is 2.00 bits per heavy atom. The third-order valence-electron chi connectivity index (χ3n) is 3.28. The second-order valence-electron chi connectivity index (χ2n) is 4.93. The molecule has 0 amide bonds. The van der Waals surface area contributed by atoms with Gasteiger partial charge in [0.05, 0.1) is 12.3 Å². The Hall–Kier alpha value is -1.19. The van der Waals surface area contributed by atoms with Crippen molar-refractivity contribution in [1.29, 1.82) is 0 Å². The van der Waals surface area contributed by atoms with E-state index in [2.05, 4.69) is 38.3 Å². The van der Waals surface area contributed by atoms with E-state index in [1.165, 1.54) is 11.1 Å². The van der Waals surface area contributed by atoms with Crippen LogP contribution in [0.1, 0.15) is 31.0 Å². The summed E-state index contributed by atoms with van der Waals surface area (Å²) in [6.07, 6.45) is 0. The molecule has 0 aliphatic heterocycles. The highest BCUT2D eigenvalue weighted by Crippen LogP contribution is 2.31. The van der Waals surface area contributed by atoms with Crippen LogP contribution in [0.3, 0.4) is 0 Å². The maximum Gasteiger partial charge on any atom is 0.123 e. The summed E-state index contributed by atoms with van der Waals surface area (Å²) in [4.78, 5) is 4.69. The molecule has 2 aromatic rings. The van der Waals surface area contributed by atoms with Crippen LogP contribution >= 0.6 is 11.3 Å². The second-order valence-corrected chi connectivity index (χ2v) is 5.78. The van der Waals surface area contributed by atoms with E-state index in [4.69, 9.17) is 4.98 Å². The van der Waals surface area contributed by atoms with E-state index < -0.39 is 0 Å². The molecule has 1 atom stereocenters. The minimum absolute atomic E-state index is 0.138. The summed E-state index contributed by atoms with van der Waals surface area (Å²) in [5.74, 6) is 0.542. The Morgan fingerprint density at radius 3 is 2.61 bits per heavy atom. The van der Waals surface area contributed by atoms with Crippen molar-refractivity contribution in [3.63, 3.8) is 0 Å². The average Bonchev–Trinajstić information content (AvgIpc) is 2.79. The Bertz CT molecular complexity index is 519. The zero-order valence-corrected chi connectivity index (χ0v) is 11.9. The SMILES string of the molecule is Cc1ccccc1-c1nc(C(CO)C(C)C)cs1. The Labute approximate surface area is 112 Å². The lowest BCUT2D eigenvalue weighted by Gasteiger charge is -2.15. The van der Waals surface area contributed by atoms with Crippen LogP contribution in [-0.2, 0) is 0 Å². The summed E-state index contributed by atoms with van der Waals surface area (Å²) in [6.45, 7) is 6.50. The van der Waals surface area contributed by atoms with Gasteiger partial charge in [0.15, 0.2) is 0 Å². The zero-order chi connectivity index (χ0) is 13.1. The number of thiazole rings is 1. The second kappa shape index (κ2) is 5.63. The summed E-state index contributed by atoms with van der Waals surface area (Å²) in [7, 11) is 0. The van der Waals surface area contributed by atoms with Gasteiger partial charge in [-0.25, -0.2) is 4.98 Å². The minimum Gasteiger partial charge on any atom is -0.396 e. The van der Waals surface area contributed by atoms with Crippen molar-refractivity contribution in [2.24, 2.45) is 5.92 Å². The molecule has 0 bridgehead atoms. The molecular weight excluding hydrogens is 242 g/mol. The van der Waals surface area contributed by atoms with Gasteiger partial charge in [-0.05, 0) is 18.4 Å². The number of aliphatic hydroxyl groups excluding tert-OH is 1. The lowest BCUT2D eigenvalue weighted by molar-refractivity contribution is 0.235. The molecule has 1 heterocycles. The topological polar surface area (TPSA) is 33.1 Å². The van der Waals surface area contributed by atoms with Gasteiger partial charge in [0, 0.05) is 16.9 Å². The lowest BCUT2D eigenvalue weighted by Crippen LogP contribution is -2.11. The number of hydrogen-bond donors (Lipinski definition) is 1. The van der Waals surface area contributed by atoms with Gasteiger partial charge in [-0.3, -0.25) is 0 Å². The van der Waals surface area contributed by atoms with E-state index in [1.54, 1.807) is 11.3 Å². The fraction of sp³-hybridized carbons (Fsp3) is 0.400. The minimum atomic E-state index is 0.138. The first-order valence-electron chi connectivity index (χ1n) is 6.25. The predicted molar refractivity (Wildman–Crippen MR) is 77.0 cm³/mol. The number of rotatable bonds is 4. The highest BCUT2D eigenvalue weighted by atomic mass is 32.1. The molecule has 1 N–H and O–H groups in total. The van der Waals surface area contributed by atoms with Crippen LogP contribution in [0.4, 0.5) is 0 Å². The molecule has 96 valence electrons. The first-order chi connectivity index (χ1) is 8.63. The fourth-order valence-corrected chi connectivity index (χ4v) is 3.01. The first-order valence-corrected chi connectivity index (χ1v) is 7.13. The van der Waals surface area contributed by atoms with Crippen LogP contribution in [0.2, 0.25) is 0 Å². The maximum atomic E-state index is 9.45. The van der Waals surface area contributed by atoms with E-state index in [-0.39, 0.29) is 12.5 Å². The number of hydrogen-bond acceptors (Lipinski definition) is 3. The molecule has 0 fully saturated rings. The van der Waals surface area contributed by atoms with Crippen molar-refractivity contribution in [3.8, 4) is 10.6 Å². The molecule has 0 saturated heterocycles. The standard InChI is InChI=1S/C15H19NOS/c1-10(2)13(8-17)14-9-18-15(16-14)12-7-5-4-6-11(12)3/h4-7,9-10,13,17H,8H2,1-3H3. The van der Waals surface area contributed by atoms with Crippen LogP contribution in [-0.4, -0.2) is 16.7 Å². The van der Waals surface area contributed by atoms with Crippen LogP contribution in [0, 0.1) is 12.8 Å². The Balaban J connectivity index is 2.34. The monoisotopic (exact) mass is 261 g/mol. The molecule has 0 spiro atoms. The lowest BCUT2D eigenvalue weighted by atomic mass is 9.94. The van der Waals surface area contributed by atoms with Crippen LogP contribution < -0.4 is 0 Å². The smallest absolute Gasteiger partial charge is 0.123 e. The van der Waals surface area contributed by atoms with Gasteiger partial charge in [0.2, 0.25) is 0 Å². The van der Waals surface area contributed by atoms with Gasteiger partial charge in [0.25, 0.3) is 0 Å². The van der Waals surface area contributed by atoms with Crippen molar-refractivity contribution >= 4 is 11.3 Å². The van der Waals surface area contributed by atoms with Crippen molar-refractivity contribution in [1.82, 2.24) is 4.98 Å². The van der Waals surface area contributed by atoms with Gasteiger partial charge < -0.3 is 5.11 Å². The Morgan fingerprint density at radius 1 is 1.28 bits per heavy atom. The van der Waals surface area contributed by atoms with Crippen molar-refractivity contribution in [2.45, 2.75) is 26.7 Å². The summed E-state index contributed by atoms with van der Waals surface area (Å²) in [5, 5.41) is 12.6. The van der Waals surface area contributed by atoms with Crippen molar-refractivity contribution in [3.05, 3.63) is 40.9 Å². The van der Waals surface area contributed by atoms with Gasteiger partial charge in [0.1, 0.15) is 5.01 Å². The normalized spacial score (nSPS) is 12.9. The van der Waals surface area contributed by atoms with Crippen molar-refractivity contribution < 1.29 is 5.11 Å². The highest BCUT2D eigenvalue weighted by Gasteiger charge is 2.18. The zero-order valence-electron chi connectivity index (χ0n) is 11.1. The third-order valence-corrected chi connectivity index (χ3v) is 4.17. The van der Waals surface area contributed by atoms with Gasteiger partial charge in [-0.15, -0.1) is 11.3 Å². The summed E-state index contributed by atoms with van der Waals surface area (Å²) in [5.41, 5.74) is 3.44. The summed E-state index contributed by atoms with van der Waals surface area (Å²) < 4.78 is 0. The molecule has 0 saturated carbocycles. The number of aromatic nitrogens is 1. The summed E-state index contributed by atoms with van der Waals surface area (Å²) in [6, 6.07) is 8.27. The number of aliphatic hydroxyl groups is 1. The van der Waals surface area contributed by atoms with E-state index in [9.17, 15) is 5.11 Å². The van der Waals surface area contributed by atoms with Gasteiger partial charge in [-0.1, -0.05) is 38.1 Å². The number of benzene rings is 1. The van der Waals surface area contributed by atoms with Gasteiger partial charge >= 0.3 is 0 Å². The van der Waals surface area contributed by atoms with E-state index in [0.717, 1.165) is 10.7 Å². The molecule has 3 heteroatoms. The number of nitrogens with zero attached hydrogens (tertiary/aromatic N) is 1. The van der Waals surface area contributed by atoms with Gasteiger partial charge in [-0.2, -0.15) is 0 Å². The molecule has 0 aliphatic carbocycles. The molecule has 0 radical (unpaired) electrons. The molecule has 18 heavy (non-hydrogen) atoms. The van der Waals surface area contributed by atoms with E-state index in [0.29, 0.717) is 5.92 Å². The van der Waals surface area contributed by atoms with Crippen LogP contribution in [0.5, 0.6) is 0 Å². The molecule has 2 nitrogen and oxygen atoms in total. The molecule has 1 aromatic carbocycles. The summed E-state index contributed by atoms with van der Waals surface area (Å²) >= 11 is 1.66. The largest absolute Gasteiger partial charge is 0.396 e. The Kier molecular flexibility index (Phi) is 4.15. The quantitative estimate of drug-likeness (QED) is 0.906. The maximum absolute atomic E-state index is 9.45. The number of aryl methyl sites for hydroxylation is 1. The predicted octanol–water partition coefficient (Wildman–Crippen LogP) is 3.85. The fourth-order valence-electron chi connectivity index (χ4n) is 2.04. The third kappa shape index (κ3) is 2.62. The molecule has 0 aliphatic rings. The highest BCUT2D eigenvalue weighted by molar-refractivity contribution is 7.13. The average molecular weight is 261 g/mol. The van der Waals surface area contributed by atoms with E-state index in [1.807, 2.05) is 12.1 Å².